The fourth-order valence-corrected chi connectivity index (χ4v) is 3.77. The van der Waals surface area contributed by atoms with Crippen LogP contribution in [0.5, 0.6) is 0 Å². The first kappa shape index (κ1) is 20.9. The van der Waals surface area contributed by atoms with Crippen molar-refractivity contribution in [3.8, 4) is 0 Å². The maximum Gasteiger partial charge on any atom is 0.417 e. The molecule has 152 valence electrons. The normalized spacial score (nSPS) is 11.3. The summed E-state index contributed by atoms with van der Waals surface area (Å²) in [5.74, 6) is -0.531. The second kappa shape index (κ2) is 9.09. The van der Waals surface area contributed by atoms with Gasteiger partial charge in [-0.3, -0.25) is 14.9 Å². The second-order valence-electron chi connectivity index (χ2n) is 5.52. The molecule has 2 N–H and O–H groups in total. The molecule has 0 aliphatic rings. The molecule has 0 saturated carbocycles. The Labute approximate surface area is 170 Å². The highest BCUT2D eigenvalue weighted by molar-refractivity contribution is 8.01. The summed E-state index contributed by atoms with van der Waals surface area (Å²) in [6.45, 7) is 0.252. The van der Waals surface area contributed by atoms with Crippen LogP contribution in [0.3, 0.4) is 0 Å². The van der Waals surface area contributed by atoms with Crippen molar-refractivity contribution < 1.29 is 27.2 Å². The van der Waals surface area contributed by atoms with Crippen molar-refractivity contribution in [2.75, 3.05) is 11.1 Å². The highest BCUT2D eigenvalue weighted by atomic mass is 32.2. The molecule has 3 aromatic rings. The quantitative estimate of drug-likeness (QED) is 0.427. The van der Waals surface area contributed by atoms with Crippen LogP contribution in [0, 0.1) is 0 Å². The molecule has 2 heterocycles. The van der Waals surface area contributed by atoms with Gasteiger partial charge in [0.25, 0.3) is 5.91 Å². The van der Waals surface area contributed by atoms with Gasteiger partial charge in [-0.2, -0.15) is 13.2 Å². The summed E-state index contributed by atoms with van der Waals surface area (Å²) in [5, 5.41) is 12.5. The van der Waals surface area contributed by atoms with E-state index in [1.54, 1.807) is 12.1 Å². The van der Waals surface area contributed by atoms with Gasteiger partial charge in [0.05, 0.1) is 29.7 Å². The van der Waals surface area contributed by atoms with E-state index in [-0.39, 0.29) is 23.3 Å². The molecule has 12 heteroatoms. The maximum absolute atomic E-state index is 13.0. The number of halogens is 3. The minimum absolute atomic E-state index is 0.0328. The summed E-state index contributed by atoms with van der Waals surface area (Å²) < 4.78 is 44.6. The summed E-state index contributed by atoms with van der Waals surface area (Å²) in [6, 6.07) is 7.89. The molecule has 0 atom stereocenters. The van der Waals surface area contributed by atoms with Crippen LogP contribution >= 0.6 is 23.1 Å². The number of thioether (sulfide) groups is 1. The van der Waals surface area contributed by atoms with E-state index in [2.05, 4.69) is 20.8 Å². The molecule has 2 aromatic heterocycles. The highest BCUT2D eigenvalue weighted by Gasteiger charge is 2.35. The van der Waals surface area contributed by atoms with Crippen molar-refractivity contribution in [2.45, 2.75) is 17.1 Å². The van der Waals surface area contributed by atoms with Gasteiger partial charge in [0, 0.05) is 0 Å². The van der Waals surface area contributed by atoms with Crippen LogP contribution in [0.2, 0.25) is 0 Å². The van der Waals surface area contributed by atoms with Crippen molar-refractivity contribution in [1.29, 1.82) is 0 Å². The minimum Gasteiger partial charge on any atom is -0.467 e. The van der Waals surface area contributed by atoms with Crippen molar-refractivity contribution in [1.82, 2.24) is 15.5 Å². The van der Waals surface area contributed by atoms with Gasteiger partial charge < -0.3 is 9.73 Å². The van der Waals surface area contributed by atoms with Crippen LogP contribution in [0.25, 0.3) is 0 Å². The molecule has 0 radical (unpaired) electrons. The van der Waals surface area contributed by atoms with Gasteiger partial charge in [0.15, 0.2) is 4.34 Å². The Morgan fingerprint density at radius 2 is 1.93 bits per heavy atom. The van der Waals surface area contributed by atoms with Crippen molar-refractivity contribution in [3.05, 3.63) is 59.5 Å². The second-order valence-corrected chi connectivity index (χ2v) is 7.72. The smallest absolute Gasteiger partial charge is 0.417 e. The number of nitrogens with one attached hydrogen (secondary N) is 2. The first-order valence-corrected chi connectivity index (χ1v) is 9.86. The van der Waals surface area contributed by atoms with E-state index in [0.717, 1.165) is 35.2 Å². The standard InChI is InChI=1S/C17H13F3N4O3S2/c18-17(19,20)12-6-2-1-5-11(12)14(26)22-15-23-24-16(29-15)28-9-13(25)21-8-10-4-3-7-27-10/h1-7H,8-9H2,(H,21,25)(H,22,23,26). The molecule has 7 nitrogen and oxygen atoms in total. The average Bonchev–Trinajstić information content (AvgIpc) is 3.36. The van der Waals surface area contributed by atoms with Crippen LogP contribution < -0.4 is 10.6 Å². The molecule has 0 aliphatic heterocycles. The Bertz CT molecular complexity index is 990. The lowest BCUT2D eigenvalue weighted by Gasteiger charge is -2.11. The monoisotopic (exact) mass is 442 g/mol. The predicted octanol–water partition coefficient (Wildman–Crippen LogP) is 3.81. The lowest BCUT2D eigenvalue weighted by Crippen LogP contribution is -2.24. The minimum atomic E-state index is -4.65. The number of alkyl halides is 3. The molecule has 0 saturated heterocycles. The third-order valence-corrected chi connectivity index (χ3v) is 5.44. The lowest BCUT2D eigenvalue weighted by molar-refractivity contribution is -0.137. The van der Waals surface area contributed by atoms with E-state index in [1.807, 2.05) is 0 Å². The topological polar surface area (TPSA) is 97.1 Å². The predicted molar refractivity (Wildman–Crippen MR) is 101 cm³/mol. The van der Waals surface area contributed by atoms with Crippen LogP contribution in [0.4, 0.5) is 18.3 Å². The number of amides is 2. The summed E-state index contributed by atoms with van der Waals surface area (Å²) in [4.78, 5) is 24.0. The number of rotatable bonds is 7. The summed E-state index contributed by atoms with van der Waals surface area (Å²) >= 11 is 2.04. The van der Waals surface area contributed by atoms with E-state index in [1.165, 1.54) is 18.4 Å². The van der Waals surface area contributed by atoms with Gasteiger partial charge in [-0.25, -0.2) is 0 Å². The zero-order valence-electron chi connectivity index (χ0n) is 14.5. The molecule has 0 spiro atoms. The maximum atomic E-state index is 13.0. The van der Waals surface area contributed by atoms with Gasteiger partial charge in [0.2, 0.25) is 11.0 Å². The third kappa shape index (κ3) is 5.81. The van der Waals surface area contributed by atoms with Crippen molar-refractivity contribution >= 4 is 40.0 Å². The summed E-state index contributed by atoms with van der Waals surface area (Å²) in [7, 11) is 0. The lowest BCUT2D eigenvalue weighted by atomic mass is 10.1. The van der Waals surface area contributed by atoms with E-state index < -0.39 is 23.2 Å². The molecule has 0 aliphatic carbocycles. The van der Waals surface area contributed by atoms with Crippen molar-refractivity contribution in [3.63, 3.8) is 0 Å². The number of hydrogen-bond donors (Lipinski definition) is 2. The first-order chi connectivity index (χ1) is 13.8. The fraction of sp³-hybridized carbons (Fsp3) is 0.176. The molecule has 3 rings (SSSR count). The molecule has 1 aromatic carbocycles. The van der Waals surface area contributed by atoms with Gasteiger partial charge >= 0.3 is 6.18 Å². The van der Waals surface area contributed by atoms with E-state index in [0.29, 0.717) is 10.1 Å². The van der Waals surface area contributed by atoms with E-state index in [9.17, 15) is 22.8 Å². The molecule has 29 heavy (non-hydrogen) atoms. The number of nitrogens with zero attached hydrogens (tertiary/aromatic N) is 2. The third-order valence-electron chi connectivity index (χ3n) is 3.47. The summed E-state index contributed by atoms with van der Waals surface area (Å²) in [5.41, 5.74) is -1.55. The number of aromatic nitrogens is 2. The fourth-order valence-electron chi connectivity index (χ4n) is 2.19. The highest BCUT2D eigenvalue weighted by Crippen LogP contribution is 2.32. The van der Waals surface area contributed by atoms with Gasteiger partial charge in [-0.05, 0) is 24.3 Å². The number of anilines is 1. The van der Waals surface area contributed by atoms with Crippen LogP contribution in [0.1, 0.15) is 21.7 Å². The van der Waals surface area contributed by atoms with Gasteiger partial charge in [0.1, 0.15) is 5.76 Å². The zero-order valence-corrected chi connectivity index (χ0v) is 16.2. The SMILES string of the molecule is O=C(CSc1nnc(NC(=O)c2ccccc2C(F)(F)F)s1)NCc1ccco1. The number of hydrogen-bond acceptors (Lipinski definition) is 7. The molecular weight excluding hydrogens is 429 g/mol. The van der Waals surface area contributed by atoms with E-state index in [4.69, 9.17) is 4.42 Å². The molecule has 0 bridgehead atoms. The Balaban J connectivity index is 1.54. The molecule has 2 amide bonds. The average molecular weight is 442 g/mol. The Morgan fingerprint density at radius 3 is 2.66 bits per heavy atom. The number of benzene rings is 1. The molecule has 0 unspecified atom stereocenters. The van der Waals surface area contributed by atoms with E-state index >= 15 is 0 Å². The Hall–Kier alpha value is -2.86. The molecular formula is C17H13F3N4O3S2. The first-order valence-electron chi connectivity index (χ1n) is 8.06. The van der Waals surface area contributed by atoms with Crippen molar-refractivity contribution in [2.24, 2.45) is 0 Å². The van der Waals surface area contributed by atoms with Crippen LogP contribution in [-0.4, -0.2) is 27.8 Å². The Kier molecular flexibility index (Phi) is 6.54. The van der Waals surface area contributed by atoms with Gasteiger partial charge in [-0.1, -0.05) is 35.2 Å². The molecule has 0 fully saturated rings. The van der Waals surface area contributed by atoms with Gasteiger partial charge in [-0.15, -0.1) is 10.2 Å². The number of carbonyl (C=O) groups excluding carboxylic acids is 2. The van der Waals surface area contributed by atoms with Crippen LogP contribution in [0.15, 0.2) is 51.4 Å². The van der Waals surface area contributed by atoms with Crippen LogP contribution in [-0.2, 0) is 17.5 Å². The zero-order chi connectivity index (χ0) is 20.9. The number of carbonyl (C=O) groups is 2. The Morgan fingerprint density at radius 1 is 1.14 bits per heavy atom. The number of furan rings is 1. The summed E-state index contributed by atoms with van der Waals surface area (Å²) in [6.07, 6.45) is -3.15. The largest absolute Gasteiger partial charge is 0.467 e.